The molecule has 0 atom stereocenters. The number of thiocarbonyl (C=S) groups is 1. The Morgan fingerprint density at radius 3 is 2.90 bits per heavy atom. The zero-order chi connectivity index (χ0) is 22.0. The molecule has 2 aliphatic rings. The van der Waals surface area contributed by atoms with E-state index in [0.29, 0.717) is 49.4 Å². The summed E-state index contributed by atoms with van der Waals surface area (Å²) in [7, 11) is 1.50. The van der Waals surface area contributed by atoms with E-state index in [2.05, 4.69) is 5.92 Å². The van der Waals surface area contributed by atoms with Crippen molar-refractivity contribution in [2.45, 2.75) is 6.54 Å². The number of methoxy groups -OCH3 is 1. The Hall–Kier alpha value is -2.86. The lowest BCUT2D eigenvalue weighted by atomic mass is 10.1. The standard InChI is InChI=1S/C22H16ClNO5S2/c1-3-6-27-20-15(23)7-14(9-18(20)26-2)10-19-21(25)24(22(30)31-19)11-13-4-5-16-17(8-13)29-12-28-16/h1,4-5,7-10H,6,11-12H2,2H3/b19-10-. The summed E-state index contributed by atoms with van der Waals surface area (Å²) in [5, 5.41) is 0.330. The van der Waals surface area contributed by atoms with Crippen LogP contribution in [-0.4, -0.2) is 35.6 Å². The molecule has 2 aromatic rings. The number of thioether (sulfide) groups is 1. The Balaban J connectivity index is 1.55. The quantitative estimate of drug-likeness (QED) is 0.348. The van der Waals surface area contributed by atoms with E-state index in [-0.39, 0.29) is 19.3 Å². The molecule has 31 heavy (non-hydrogen) atoms. The molecule has 2 aliphatic heterocycles. The van der Waals surface area contributed by atoms with Crippen molar-refractivity contribution in [3.05, 3.63) is 51.4 Å². The van der Waals surface area contributed by atoms with Gasteiger partial charge in [-0.05, 0) is 41.5 Å². The Bertz CT molecular complexity index is 1140. The number of rotatable bonds is 6. The Labute approximate surface area is 194 Å². The van der Waals surface area contributed by atoms with E-state index in [1.807, 2.05) is 18.2 Å². The molecular formula is C22H16ClNO5S2. The highest BCUT2D eigenvalue weighted by Gasteiger charge is 2.32. The Morgan fingerprint density at radius 2 is 2.13 bits per heavy atom. The van der Waals surface area contributed by atoms with Crippen molar-refractivity contribution in [1.82, 2.24) is 4.90 Å². The molecule has 0 unspecified atom stereocenters. The van der Waals surface area contributed by atoms with Crippen molar-refractivity contribution in [2.24, 2.45) is 0 Å². The highest BCUT2D eigenvalue weighted by molar-refractivity contribution is 8.26. The average molecular weight is 474 g/mol. The first-order chi connectivity index (χ1) is 15.0. The molecule has 6 nitrogen and oxygen atoms in total. The number of fused-ring (bicyclic) bond motifs is 1. The normalized spacial score (nSPS) is 16.0. The summed E-state index contributed by atoms with van der Waals surface area (Å²) in [5.74, 6) is 4.33. The molecule has 0 spiro atoms. The van der Waals surface area contributed by atoms with Crippen molar-refractivity contribution >= 4 is 51.9 Å². The second-order valence-corrected chi connectivity index (χ2v) is 8.57. The number of terminal acetylenes is 1. The Kier molecular flexibility index (Phi) is 6.28. The summed E-state index contributed by atoms with van der Waals surface area (Å²) in [6, 6.07) is 8.96. The van der Waals surface area contributed by atoms with Gasteiger partial charge in [0.15, 0.2) is 23.0 Å². The van der Waals surface area contributed by atoms with Gasteiger partial charge in [0.1, 0.15) is 10.9 Å². The van der Waals surface area contributed by atoms with Crippen LogP contribution in [0.2, 0.25) is 5.02 Å². The maximum atomic E-state index is 13.0. The number of hydrogen-bond donors (Lipinski definition) is 0. The third-order valence-corrected chi connectivity index (χ3v) is 6.16. The molecule has 0 aliphatic carbocycles. The number of halogens is 1. The zero-order valence-electron chi connectivity index (χ0n) is 16.3. The number of carbonyl (C=O) groups excluding carboxylic acids is 1. The van der Waals surface area contributed by atoms with Crippen molar-refractivity contribution in [3.8, 4) is 35.3 Å². The van der Waals surface area contributed by atoms with Gasteiger partial charge in [-0.1, -0.05) is 47.6 Å². The van der Waals surface area contributed by atoms with Crippen LogP contribution < -0.4 is 18.9 Å². The number of amides is 1. The van der Waals surface area contributed by atoms with Gasteiger partial charge in [-0.3, -0.25) is 9.69 Å². The maximum Gasteiger partial charge on any atom is 0.266 e. The van der Waals surface area contributed by atoms with Crippen molar-refractivity contribution in [1.29, 1.82) is 0 Å². The first-order valence-electron chi connectivity index (χ1n) is 9.08. The maximum absolute atomic E-state index is 13.0. The number of carbonyl (C=O) groups is 1. The van der Waals surface area contributed by atoms with E-state index < -0.39 is 0 Å². The van der Waals surface area contributed by atoms with Gasteiger partial charge >= 0.3 is 0 Å². The van der Waals surface area contributed by atoms with E-state index >= 15 is 0 Å². The third-order valence-electron chi connectivity index (χ3n) is 4.50. The van der Waals surface area contributed by atoms with Crippen molar-refractivity contribution < 1.29 is 23.7 Å². The molecule has 4 rings (SSSR count). The van der Waals surface area contributed by atoms with Gasteiger partial charge in [-0.2, -0.15) is 0 Å². The molecule has 158 valence electrons. The van der Waals surface area contributed by atoms with Gasteiger partial charge in [0, 0.05) is 0 Å². The molecule has 0 aromatic heterocycles. The van der Waals surface area contributed by atoms with Crippen LogP contribution in [0.1, 0.15) is 11.1 Å². The molecule has 2 aromatic carbocycles. The van der Waals surface area contributed by atoms with Gasteiger partial charge < -0.3 is 18.9 Å². The highest BCUT2D eigenvalue weighted by atomic mass is 35.5. The van der Waals surface area contributed by atoms with E-state index in [1.165, 1.54) is 18.9 Å². The topological polar surface area (TPSA) is 57.2 Å². The highest BCUT2D eigenvalue weighted by Crippen LogP contribution is 2.40. The molecular weight excluding hydrogens is 458 g/mol. The van der Waals surface area contributed by atoms with E-state index in [9.17, 15) is 4.79 Å². The predicted octanol–water partition coefficient (Wildman–Crippen LogP) is 4.49. The molecule has 0 bridgehead atoms. The summed E-state index contributed by atoms with van der Waals surface area (Å²) in [6.45, 7) is 0.594. The second-order valence-electron chi connectivity index (χ2n) is 6.48. The SMILES string of the molecule is C#CCOc1c(Cl)cc(/C=C2\SC(=S)N(Cc3ccc4c(c3)OCO4)C2=O)cc1OC. The summed E-state index contributed by atoms with van der Waals surface area (Å²) >= 11 is 13.0. The second kappa shape index (κ2) is 9.10. The molecule has 1 fully saturated rings. The van der Waals surface area contributed by atoms with Crippen LogP contribution in [0, 0.1) is 12.3 Å². The van der Waals surface area contributed by atoms with Gasteiger partial charge in [0.2, 0.25) is 6.79 Å². The number of ether oxygens (including phenoxy) is 4. The van der Waals surface area contributed by atoms with Crippen LogP contribution in [0.4, 0.5) is 0 Å². The number of hydrogen-bond acceptors (Lipinski definition) is 7. The van der Waals surface area contributed by atoms with Crippen LogP contribution in [0.5, 0.6) is 23.0 Å². The number of nitrogens with zero attached hydrogens (tertiary/aromatic N) is 1. The molecule has 0 N–H and O–H groups in total. The van der Waals surface area contributed by atoms with Crippen LogP contribution in [0.25, 0.3) is 6.08 Å². The molecule has 9 heteroatoms. The van der Waals surface area contributed by atoms with Crippen LogP contribution >= 0.6 is 35.6 Å². The van der Waals surface area contributed by atoms with Crippen LogP contribution in [-0.2, 0) is 11.3 Å². The van der Waals surface area contributed by atoms with E-state index in [4.69, 9.17) is 49.2 Å². The molecule has 0 saturated carbocycles. The lowest BCUT2D eigenvalue weighted by Gasteiger charge is -2.14. The van der Waals surface area contributed by atoms with Gasteiger partial charge in [0.05, 0.1) is 23.6 Å². The van der Waals surface area contributed by atoms with Gasteiger partial charge in [-0.25, -0.2) is 0 Å². The molecule has 0 radical (unpaired) electrons. The summed E-state index contributed by atoms with van der Waals surface area (Å²) in [4.78, 5) is 15.0. The summed E-state index contributed by atoms with van der Waals surface area (Å²) < 4.78 is 22.0. The molecule has 2 heterocycles. The molecule has 1 amide bonds. The van der Waals surface area contributed by atoms with Crippen LogP contribution in [0.15, 0.2) is 35.2 Å². The largest absolute Gasteiger partial charge is 0.493 e. The lowest BCUT2D eigenvalue weighted by Crippen LogP contribution is -2.27. The predicted molar refractivity (Wildman–Crippen MR) is 124 cm³/mol. The first-order valence-corrected chi connectivity index (χ1v) is 10.7. The smallest absolute Gasteiger partial charge is 0.266 e. The van der Waals surface area contributed by atoms with Crippen molar-refractivity contribution in [2.75, 3.05) is 20.5 Å². The lowest BCUT2D eigenvalue weighted by molar-refractivity contribution is -0.122. The van der Waals surface area contributed by atoms with E-state index in [1.54, 1.807) is 23.1 Å². The summed E-state index contributed by atoms with van der Waals surface area (Å²) in [5.41, 5.74) is 1.57. The summed E-state index contributed by atoms with van der Waals surface area (Å²) in [6.07, 6.45) is 6.96. The minimum atomic E-state index is -0.185. The monoisotopic (exact) mass is 473 g/mol. The average Bonchev–Trinajstić information content (AvgIpc) is 3.32. The minimum Gasteiger partial charge on any atom is -0.493 e. The molecule has 1 saturated heterocycles. The Morgan fingerprint density at radius 1 is 1.32 bits per heavy atom. The van der Waals surface area contributed by atoms with Gasteiger partial charge in [-0.15, -0.1) is 6.42 Å². The van der Waals surface area contributed by atoms with Crippen molar-refractivity contribution in [3.63, 3.8) is 0 Å². The minimum absolute atomic E-state index is 0.0634. The van der Waals surface area contributed by atoms with Gasteiger partial charge in [0.25, 0.3) is 5.91 Å². The third kappa shape index (κ3) is 4.44. The fourth-order valence-corrected chi connectivity index (χ4v) is 4.62. The van der Waals surface area contributed by atoms with E-state index in [0.717, 1.165) is 5.56 Å². The zero-order valence-corrected chi connectivity index (χ0v) is 18.7. The fraction of sp³-hybridized carbons (Fsp3) is 0.182. The first kappa shape index (κ1) is 21.4. The van der Waals surface area contributed by atoms with Crippen LogP contribution in [0.3, 0.4) is 0 Å². The fourth-order valence-electron chi connectivity index (χ4n) is 3.09. The number of benzene rings is 2.